The molecule has 0 aromatic carbocycles. The fourth-order valence-electron chi connectivity index (χ4n) is 1.30. The van der Waals surface area contributed by atoms with Crippen molar-refractivity contribution in [2.24, 2.45) is 4.99 Å². The lowest BCUT2D eigenvalue weighted by atomic mass is 10.3. The average Bonchev–Trinajstić information content (AvgIpc) is 2.97. The van der Waals surface area contributed by atoms with E-state index in [9.17, 15) is 14.7 Å². The Morgan fingerprint density at radius 1 is 1.68 bits per heavy atom. The molecule has 1 aromatic heterocycles. The van der Waals surface area contributed by atoms with Crippen molar-refractivity contribution < 1.29 is 24.2 Å². The van der Waals surface area contributed by atoms with Crippen LogP contribution in [0.2, 0.25) is 0 Å². The molecular weight excluding hydrogens is 272 g/mol. The number of amides is 1. The molecule has 1 aliphatic rings. The molecule has 2 N–H and O–H groups in total. The van der Waals surface area contributed by atoms with E-state index in [1.54, 1.807) is 12.1 Å². The van der Waals surface area contributed by atoms with Gasteiger partial charge in [-0.3, -0.25) is 9.79 Å². The maximum absolute atomic E-state index is 11.6. The van der Waals surface area contributed by atoms with Crippen LogP contribution in [0.3, 0.4) is 0 Å². The molecule has 19 heavy (non-hydrogen) atoms. The van der Waals surface area contributed by atoms with Crippen molar-refractivity contribution in [3.05, 3.63) is 29.1 Å². The van der Waals surface area contributed by atoms with Crippen molar-refractivity contribution in [2.45, 2.75) is 6.04 Å². The van der Waals surface area contributed by atoms with Crippen LogP contribution in [0.15, 0.2) is 32.7 Å². The molecule has 0 bridgehead atoms. The minimum Gasteiger partial charge on any atom is -0.548 e. The minimum absolute atomic E-state index is 0.103. The van der Waals surface area contributed by atoms with Crippen molar-refractivity contribution in [3.63, 3.8) is 0 Å². The third-order valence-electron chi connectivity index (χ3n) is 2.19. The summed E-state index contributed by atoms with van der Waals surface area (Å²) < 4.78 is 5.07. The van der Waals surface area contributed by atoms with Gasteiger partial charge in [-0.25, -0.2) is 0 Å². The molecule has 0 unspecified atom stereocenters. The summed E-state index contributed by atoms with van der Waals surface area (Å²) in [6.07, 6.45) is 2.98. The van der Waals surface area contributed by atoms with Crippen LogP contribution in [-0.2, 0) is 9.59 Å². The fourth-order valence-corrected chi connectivity index (χ4v) is 2.15. The molecule has 100 valence electrons. The lowest BCUT2D eigenvalue weighted by Gasteiger charge is -2.10. The van der Waals surface area contributed by atoms with E-state index in [4.69, 9.17) is 9.52 Å². The molecular formula is C11H9N2O5S-. The first-order valence-electron chi connectivity index (χ1n) is 5.24. The predicted octanol–water partition coefficient (Wildman–Crippen LogP) is -1.05. The lowest BCUT2D eigenvalue weighted by Crippen LogP contribution is -2.38. The predicted molar refractivity (Wildman–Crippen MR) is 65.7 cm³/mol. The zero-order valence-electron chi connectivity index (χ0n) is 9.53. The first-order chi connectivity index (χ1) is 9.10. The van der Waals surface area contributed by atoms with Gasteiger partial charge in [-0.05, 0) is 23.9 Å². The van der Waals surface area contributed by atoms with E-state index in [0.717, 1.165) is 11.8 Å². The van der Waals surface area contributed by atoms with Gasteiger partial charge in [-0.15, -0.1) is 0 Å². The van der Waals surface area contributed by atoms with Crippen LogP contribution in [0.5, 0.6) is 0 Å². The summed E-state index contributed by atoms with van der Waals surface area (Å²) >= 11 is 0.966. The number of thioether (sulfide) groups is 1. The highest BCUT2D eigenvalue weighted by molar-refractivity contribution is 8.18. The second kappa shape index (κ2) is 5.72. The number of nitrogens with zero attached hydrogens (tertiary/aromatic N) is 1. The summed E-state index contributed by atoms with van der Waals surface area (Å²) in [6, 6.07) is 1.95. The monoisotopic (exact) mass is 281 g/mol. The fraction of sp³-hybridized carbons (Fsp3) is 0.182. The van der Waals surface area contributed by atoms with Crippen LogP contribution in [0.4, 0.5) is 0 Å². The normalized spacial score (nSPS) is 20.8. The molecule has 1 fully saturated rings. The highest BCUT2D eigenvalue weighted by atomic mass is 32.2. The summed E-state index contributed by atoms with van der Waals surface area (Å²) in [4.78, 5) is 26.2. The molecule has 1 aliphatic heterocycles. The second-order valence-corrected chi connectivity index (χ2v) is 4.56. The molecule has 0 aliphatic carbocycles. The van der Waals surface area contributed by atoms with Gasteiger partial charge in [-0.1, -0.05) is 0 Å². The zero-order chi connectivity index (χ0) is 13.8. The average molecular weight is 281 g/mol. The van der Waals surface area contributed by atoms with Crippen LogP contribution < -0.4 is 10.4 Å². The largest absolute Gasteiger partial charge is 0.548 e. The number of carbonyl (C=O) groups is 2. The molecule has 2 heterocycles. The molecule has 1 aromatic rings. The molecule has 1 amide bonds. The minimum atomic E-state index is -1.51. The smallest absolute Gasteiger partial charge is 0.264 e. The van der Waals surface area contributed by atoms with Gasteiger partial charge >= 0.3 is 0 Å². The van der Waals surface area contributed by atoms with E-state index >= 15 is 0 Å². The number of hydrogen-bond acceptors (Lipinski definition) is 7. The summed E-state index contributed by atoms with van der Waals surface area (Å²) in [5.41, 5.74) is 0. The van der Waals surface area contributed by atoms with Crippen molar-refractivity contribution in [1.29, 1.82) is 0 Å². The Balaban J connectivity index is 2.15. The first-order valence-corrected chi connectivity index (χ1v) is 6.05. The molecule has 8 heteroatoms. The summed E-state index contributed by atoms with van der Waals surface area (Å²) in [6.45, 7) is -0.695. The summed E-state index contributed by atoms with van der Waals surface area (Å²) in [5, 5.41) is 21.9. The molecule has 0 saturated carbocycles. The number of aliphatic carboxylic acids is 1. The summed E-state index contributed by atoms with van der Waals surface area (Å²) in [7, 11) is 0. The Bertz CT molecular complexity index is 549. The van der Waals surface area contributed by atoms with Gasteiger partial charge in [0.05, 0.1) is 23.7 Å². The maximum atomic E-state index is 11.6. The molecule has 2 rings (SSSR count). The Morgan fingerprint density at radius 3 is 3.05 bits per heavy atom. The lowest BCUT2D eigenvalue weighted by molar-refractivity contribution is -0.308. The first kappa shape index (κ1) is 13.4. The van der Waals surface area contributed by atoms with Crippen molar-refractivity contribution in [2.75, 3.05) is 6.61 Å². The van der Waals surface area contributed by atoms with Crippen LogP contribution in [0.1, 0.15) is 5.76 Å². The van der Waals surface area contributed by atoms with Crippen LogP contribution in [0, 0.1) is 0 Å². The van der Waals surface area contributed by atoms with Gasteiger partial charge in [0.2, 0.25) is 0 Å². The van der Waals surface area contributed by atoms with E-state index in [2.05, 4.69) is 10.3 Å². The number of aliphatic hydroxyl groups excluding tert-OH is 1. The third-order valence-corrected chi connectivity index (χ3v) is 3.11. The van der Waals surface area contributed by atoms with Crippen LogP contribution >= 0.6 is 11.8 Å². The van der Waals surface area contributed by atoms with Crippen molar-refractivity contribution >= 4 is 34.9 Å². The van der Waals surface area contributed by atoms with Crippen LogP contribution in [0.25, 0.3) is 6.08 Å². The number of hydrogen-bond donors (Lipinski definition) is 2. The van der Waals surface area contributed by atoms with E-state index in [1.165, 1.54) is 12.3 Å². The standard InChI is InChI=1S/C11H10N2O5S/c14-5-7(10(16)17)12-11-13-9(15)8(19-11)4-6-2-1-3-18-6/h1-4,7,14H,5H2,(H,16,17)(H,12,13,15)/p-1/b8-4-/t7-/m1/s1. The number of rotatable bonds is 4. The Labute approximate surface area is 112 Å². The van der Waals surface area contributed by atoms with Crippen molar-refractivity contribution in [1.82, 2.24) is 5.32 Å². The van der Waals surface area contributed by atoms with Crippen LogP contribution in [-0.4, -0.2) is 34.8 Å². The molecule has 0 radical (unpaired) electrons. The van der Waals surface area contributed by atoms with E-state index in [-0.39, 0.29) is 5.17 Å². The number of furan rings is 1. The maximum Gasteiger partial charge on any atom is 0.264 e. The SMILES string of the molecule is O=C1NC(=N[C@H](CO)C(=O)[O-])S/C1=C\c1ccco1. The highest BCUT2D eigenvalue weighted by Crippen LogP contribution is 2.26. The number of amidine groups is 1. The number of aliphatic imine (C=N–C) groups is 1. The van der Waals surface area contributed by atoms with E-state index in [1.807, 2.05) is 0 Å². The molecule has 1 atom stereocenters. The molecule has 0 spiro atoms. The number of nitrogens with one attached hydrogen (secondary N) is 1. The third kappa shape index (κ3) is 3.24. The Morgan fingerprint density at radius 2 is 2.47 bits per heavy atom. The van der Waals surface area contributed by atoms with Gasteiger partial charge in [0.15, 0.2) is 5.17 Å². The van der Waals surface area contributed by atoms with Gasteiger partial charge in [0.25, 0.3) is 5.91 Å². The Hall–Kier alpha value is -2.06. The highest BCUT2D eigenvalue weighted by Gasteiger charge is 2.25. The van der Waals surface area contributed by atoms with E-state index in [0.29, 0.717) is 10.7 Å². The van der Waals surface area contributed by atoms with E-state index < -0.39 is 24.5 Å². The number of carboxylic acid groups (broad SMARTS) is 1. The summed E-state index contributed by atoms with van der Waals surface area (Å²) in [5.74, 6) is -1.42. The van der Waals surface area contributed by atoms with Gasteiger partial charge in [0, 0.05) is 6.08 Å². The number of aliphatic hydroxyl groups is 1. The Kier molecular flexibility index (Phi) is 4.03. The van der Waals surface area contributed by atoms with Gasteiger partial charge in [0.1, 0.15) is 11.8 Å². The number of carbonyl (C=O) groups excluding carboxylic acids is 2. The molecule has 1 saturated heterocycles. The van der Waals surface area contributed by atoms with Gasteiger partial charge < -0.3 is 24.7 Å². The number of carboxylic acids is 1. The topological polar surface area (TPSA) is 115 Å². The van der Waals surface area contributed by atoms with Crippen molar-refractivity contribution in [3.8, 4) is 0 Å². The molecule has 7 nitrogen and oxygen atoms in total. The zero-order valence-corrected chi connectivity index (χ0v) is 10.3. The van der Waals surface area contributed by atoms with Gasteiger partial charge in [-0.2, -0.15) is 0 Å². The quantitative estimate of drug-likeness (QED) is 0.680. The second-order valence-electron chi connectivity index (χ2n) is 3.53.